The minimum absolute atomic E-state index is 0.104. The Morgan fingerprint density at radius 1 is 1.47 bits per heavy atom. The predicted octanol–water partition coefficient (Wildman–Crippen LogP) is 1.81. The minimum Gasteiger partial charge on any atom is -0.382 e. The molecular weight excluding hydrogens is 280 g/mol. The van der Waals surface area contributed by atoms with E-state index in [1.807, 2.05) is 6.26 Å². The van der Waals surface area contributed by atoms with E-state index in [-0.39, 0.29) is 5.91 Å². The number of nitrogen functional groups attached to an aromatic ring is 1. The number of hydrogen-bond acceptors (Lipinski definition) is 6. The van der Waals surface area contributed by atoms with Crippen LogP contribution < -0.4 is 16.0 Å². The molecule has 0 atom stereocenters. The Hall–Kier alpha value is -0.950. The predicted molar refractivity (Wildman–Crippen MR) is 83.3 cm³/mol. The zero-order valence-electron chi connectivity index (χ0n) is 11.1. The van der Waals surface area contributed by atoms with Gasteiger partial charge >= 0.3 is 0 Å². The number of carbonyl (C=O) groups excluding carboxylic acids is 1. The van der Waals surface area contributed by atoms with Crippen molar-refractivity contribution in [3.8, 4) is 0 Å². The van der Waals surface area contributed by atoms with Crippen LogP contribution in [0.3, 0.4) is 0 Å². The average molecular weight is 300 g/mol. The first-order valence-electron chi connectivity index (χ1n) is 6.50. The summed E-state index contributed by atoms with van der Waals surface area (Å²) in [6, 6.07) is 0. The topological polar surface area (TPSA) is 71.2 Å². The van der Waals surface area contributed by atoms with Gasteiger partial charge in [-0.1, -0.05) is 11.3 Å². The van der Waals surface area contributed by atoms with Crippen molar-refractivity contribution < 1.29 is 4.79 Å². The summed E-state index contributed by atoms with van der Waals surface area (Å²) in [7, 11) is 0. The Balaban J connectivity index is 2.01. The van der Waals surface area contributed by atoms with Crippen LogP contribution in [0.25, 0.3) is 0 Å². The van der Waals surface area contributed by atoms with Crippen molar-refractivity contribution in [2.24, 2.45) is 0 Å². The summed E-state index contributed by atoms with van der Waals surface area (Å²) in [4.78, 5) is 19.1. The van der Waals surface area contributed by atoms with Crippen LogP contribution in [0.15, 0.2) is 0 Å². The zero-order chi connectivity index (χ0) is 13.7. The van der Waals surface area contributed by atoms with Gasteiger partial charge in [0.2, 0.25) is 0 Å². The molecule has 0 radical (unpaired) electrons. The van der Waals surface area contributed by atoms with Gasteiger partial charge in [-0.15, -0.1) is 0 Å². The number of aromatic nitrogens is 1. The van der Waals surface area contributed by atoms with Gasteiger partial charge in [0.15, 0.2) is 5.13 Å². The highest BCUT2D eigenvalue weighted by Gasteiger charge is 2.20. The first-order valence-corrected chi connectivity index (χ1v) is 8.72. The van der Waals surface area contributed by atoms with E-state index in [4.69, 9.17) is 5.73 Å². The quantitative estimate of drug-likeness (QED) is 0.812. The number of nitrogens with two attached hydrogens (primary N) is 1. The second-order valence-electron chi connectivity index (χ2n) is 4.51. The number of thioether (sulfide) groups is 1. The molecule has 7 heteroatoms. The summed E-state index contributed by atoms with van der Waals surface area (Å²) in [6.45, 7) is 2.69. The van der Waals surface area contributed by atoms with Crippen molar-refractivity contribution in [2.45, 2.75) is 19.3 Å². The first kappa shape index (κ1) is 14.5. The number of thiazole rings is 1. The van der Waals surface area contributed by atoms with Crippen LogP contribution in [0.5, 0.6) is 0 Å². The lowest BCUT2D eigenvalue weighted by molar-refractivity contribution is 0.0961. The summed E-state index contributed by atoms with van der Waals surface area (Å²) in [5.74, 6) is 1.16. The molecule has 1 aliphatic rings. The molecule has 19 heavy (non-hydrogen) atoms. The fraction of sp³-hybridized carbons (Fsp3) is 0.667. The Bertz CT molecular complexity index is 429. The van der Waals surface area contributed by atoms with Crippen molar-refractivity contribution in [1.82, 2.24) is 10.3 Å². The molecule has 2 rings (SSSR count). The smallest absolute Gasteiger partial charge is 0.265 e. The summed E-state index contributed by atoms with van der Waals surface area (Å²) in [6.07, 6.45) is 5.67. The van der Waals surface area contributed by atoms with Gasteiger partial charge in [0.1, 0.15) is 10.7 Å². The van der Waals surface area contributed by atoms with Crippen molar-refractivity contribution in [2.75, 3.05) is 42.3 Å². The lowest BCUT2D eigenvalue weighted by Crippen LogP contribution is -2.29. The number of rotatable bonds is 5. The van der Waals surface area contributed by atoms with Crippen LogP contribution in [-0.2, 0) is 0 Å². The molecule has 2 heterocycles. The highest BCUT2D eigenvalue weighted by Crippen LogP contribution is 2.29. The van der Waals surface area contributed by atoms with Gasteiger partial charge < -0.3 is 16.0 Å². The third-order valence-electron chi connectivity index (χ3n) is 3.07. The Labute approximate surface area is 122 Å². The normalized spacial score (nSPS) is 15.5. The molecule has 106 valence electrons. The molecule has 0 unspecified atom stereocenters. The maximum absolute atomic E-state index is 12.0. The molecule has 1 aliphatic heterocycles. The molecule has 1 amide bonds. The standard InChI is InChI=1S/C12H20N4OS2/c1-18-8-5-14-11(17)9-10(13)15-12(19-9)16-6-3-2-4-7-16/h2-8,13H2,1H3,(H,14,17). The van der Waals surface area contributed by atoms with Crippen LogP contribution in [0.2, 0.25) is 0 Å². The molecule has 0 spiro atoms. The third-order valence-corrected chi connectivity index (χ3v) is 4.81. The van der Waals surface area contributed by atoms with Gasteiger partial charge in [-0.2, -0.15) is 11.8 Å². The molecule has 5 nitrogen and oxygen atoms in total. The van der Waals surface area contributed by atoms with Gasteiger partial charge in [-0.3, -0.25) is 4.79 Å². The highest BCUT2D eigenvalue weighted by molar-refractivity contribution is 7.98. The fourth-order valence-electron chi connectivity index (χ4n) is 2.05. The van der Waals surface area contributed by atoms with Crippen molar-refractivity contribution in [3.05, 3.63) is 4.88 Å². The van der Waals surface area contributed by atoms with E-state index < -0.39 is 0 Å². The third kappa shape index (κ3) is 3.76. The molecule has 1 aromatic heterocycles. The molecular formula is C12H20N4OS2. The van der Waals surface area contributed by atoms with Crippen LogP contribution in [0.4, 0.5) is 10.9 Å². The van der Waals surface area contributed by atoms with Crippen LogP contribution in [0.1, 0.15) is 28.9 Å². The van der Waals surface area contributed by atoms with E-state index in [0.29, 0.717) is 17.2 Å². The van der Waals surface area contributed by atoms with Gasteiger partial charge in [-0.25, -0.2) is 4.98 Å². The Kier molecular flexibility index (Phi) is 5.33. The molecule has 0 bridgehead atoms. The number of nitrogens with one attached hydrogen (secondary N) is 1. The SMILES string of the molecule is CSCCNC(=O)c1sc(N2CCCCC2)nc1N. The molecule has 1 fully saturated rings. The average Bonchev–Trinajstić information content (AvgIpc) is 2.82. The number of nitrogens with zero attached hydrogens (tertiary/aromatic N) is 2. The van der Waals surface area contributed by atoms with Crippen LogP contribution in [0, 0.1) is 0 Å². The maximum atomic E-state index is 12.0. The van der Waals surface area contributed by atoms with E-state index in [9.17, 15) is 4.79 Å². The summed E-state index contributed by atoms with van der Waals surface area (Å²) < 4.78 is 0. The van der Waals surface area contributed by atoms with Crippen LogP contribution in [-0.4, -0.2) is 42.5 Å². The first-order chi connectivity index (χ1) is 9.22. The lowest BCUT2D eigenvalue weighted by atomic mass is 10.1. The van der Waals surface area contributed by atoms with E-state index in [1.165, 1.54) is 30.6 Å². The van der Waals surface area contributed by atoms with Crippen molar-refractivity contribution in [3.63, 3.8) is 0 Å². The Morgan fingerprint density at radius 3 is 2.89 bits per heavy atom. The van der Waals surface area contributed by atoms with E-state index in [1.54, 1.807) is 11.8 Å². The highest BCUT2D eigenvalue weighted by atomic mass is 32.2. The number of amides is 1. The van der Waals surface area contributed by atoms with Gasteiger partial charge in [0, 0.05) is 25.4 Å². The molecule has 0 aromatic carbocycles. The van der Waals surface area contributed by atoms with E-state index in [2.05, 4.69) is 15.2 Å². The molecule has 0 saturated carbocycles. The number of carbonyl (C=O) groups is 1. The van der Waals surface area contributed by atoms with E-state index in [0.717, 1.165) is 24.0 Å². The van der Waals surface area contributed by atoms with Gasteiger partial charge in [-0.05, 0) is 25.5 Å². The molecule has 1 saturated heterocycles. The monoisotopic (exact) mass is 300 g/mol. The number of piperidine rings is 1. The second-order valence-corrected chi connectivity index (χ2v) is 6.47. The van der Waals surface area contributed by atoms with Crippen molar-refractivity contribution >= 4 is 40.0 Å². The maximum Gasteiger partial charge on any atom is 0.265 e. The van der Waals surface area contributed by atoms with Crippen molar-refractivity contribution in [1.29, 1.82) is 0 Å². The lowest BCUT2D eigenvalue weighted by Gasteiger charge is -2.25. The Morgan fingerprint density at radius 2 is 2.21 bits per heavy atom. The molecule has 1 aromatic rings. The number of anilines is 2. The summed E-state index contributed by atoms with van der Waals surface area (Å²) in [5, 5.41) is 3.75. The fourth-order valence-corrected chi connectivity index (χ4v) is 3.31. The minimum atomic E-state index is -0.104. The molecule has 0 aliphatic carbocycles. The second kappa shape index (κ2) is 7.00. The van der Waals surface area contributed by atoms with Crippen LogP contribution >= 0.6 is 23.1 Å². The summed E-state index contributed by atoms with van der Waals surface area (Å²) in [5.41, 5.74) is 5.86. The van der Waals surface area contributed by atoms with E-state index >= 15 is 0 Å². The van der Waals surface area contributed by atoms with Gasteiger partial charge in [0.25, 0.3) is 5.91 Å². The summed E-state index contributed by atoms with van der Waals surface area (Å²) >= 11 is 3.11. The largest absolute Gasteiger partial charge is 0.382 e. The van der Waals surface area contributed by atoms with Gasteiger partial charge in [0.05, 0.1) is 0 Å². The zero-order valence-corrected chi connectivity index (χ0v) is 12.8. The number of hydrogen-bond donors (Lipinski definition) is 2. The molecule has 3 N–H and O–H groups in total.